The number of aromatic nitrogens is 1. The van der Waals surface area contributed by atoms with Gasteiger partial charge in [0.15, 0.2) is 5.78 Å². The van der Waals surface area contributed by atoms with Gasteiger partial charge in [-0.05, 0) is 68.0 Å². The summed E-state index contributed by atoms with van der Waals surface area (Å²) < 4.78 is 8.11. The Morgan fingerprint density at radius 3 is 2.69 bits per heavy atom. The maximum atomic E-state index is 13.6. The first-order valence-electron chi connectivity index (χ1n) is 12.5. The molecular formula is C29H34N2O4. The Morgan fingerprint density at radius 1 is 1.14 bits per heavy atom. The zero-order chi connectivity index (χ0) is 24.8. The van der Waals surface area contributed by atoms with Crippen LogP contribution in [-0.2, 0) is 11.3 Å². The third-order valence-corrected chi connectivity index (χ3v) is 6.87. The second-order valence-electron chi connectivity index (χ2n) is 9.34. The molecule has 0 saturated heterocycles. The van der Waals surface area contributed by atoms with Gasteiger partial charge in [0.05, 0.1) is 12.2 Å². The van der Waals surface area contributed by atoms with Crippen LogP contribution in [0.3, 0.4) is 0 Å². The largest absolute Gasteiger partial charge is 0.493 e. The topological polar surface area (TPSA) is 94.6 Å². The molecule has 3 aromatic rings. The van der Waals surface area contributed by atoms with Crippen LogP contribution < -0.4 is 10.5 Å². The Balaban J connectivity index is 1.56. The molecule has 1 aliphatic carbocycles. The fourth-order valence-electron chi connectivity index (χ4n) is 5.06. The number of ether oxygens (including phenoxy) is 1. The van der Waals surface area contributed by atoms with E-state index in [0.717, 1.165) is 23.4 Å². The van der Waals surface area contributed by atoms with Gasteiger partial charge >= 0.3 is 5.97 Å². The van der Waals surface area contributed by atoms with Gasteiger partial charge in [-0.15, -0.1) is 0 Å². The molecule has 6 heteroatoms. The van der Waals surface area contributed by atoms with E-state index in [-0.39, 0.29) is 18.8 Å². The maximum absolute atomic E-state index is 13.6. The number of carbonyl (C=O) groups excluding carboxylic acids is 1. The van der Waals surface area contributed by atoms with Crippen molar-refractivity contribution in [3.8, 4) is 5.75 Å². The Hall–Kier alpha value is -3.54. The number of carboxylic acids is 1. The fraction of sp³-hybridized carbons (Fsp3) is 0.379. The molecule has 0 bridgehead atoms. The third kappa shape index (κ3) is 5.76. The summed E-state index contributed by atoms with van der Waals surface area (Å²) >= 11 is 0. The third-order valence-electron chi connectivity index (χ3n) is 6.87. The second kappa shape index (κ2) is 11.3. The first-order chi connectivity index (χ1) is 17.0. The SMILES string of the molecule is C/C=C(\C(=O)c1c(N)cccc1OCCCC(=O)O)c1ccc2c(ccn2CC2CCCCC2)c1. The highest BCUT2D eigenvalue weighted by molar-refractivity contribution is 6.31. The van der Waals surface area contributed by atoms with E-state index in [4.69, 9.17) is 15.6 Å². The van der Waals surface area contributed by atoms with E-state index < -0.39 is 5.97 Å². The zero-order valence-electron chi connectivity index (χ0n) is 20.3. The van der Waals surface area contributed by atoms with Gasteiger partial charge in [-0.2, -0.15) is 0 Å². The van der Waals surface area contributed by atoms with Crippen molar-refractivity contribution in [3.05, 3.63) is 65.9 Å². The standard InChI is InChI=1S/C29H34N2O4/c1-2-23(29(34)28-24(30)10-6-11-26(28)35-17-7-12-27(32)33)21-13-14-25-22(18-21)15-16-31(25)19-20-8-4-3-5-9-20/h2,6,10-11,13-16,18,20H,3-5,7-9,12,17,19,30H2,1H3,(H,32,33)/b23-2-. The maximum Gasteiger partial charge on any atom is 0.303 e. The number of hydrogen-bond acceptors (Lipinski definition) is 4. The number of aliphatic carboxylic acids is 1. The number of allylic oxidation sites excluding steroid dienone is 2. The van der Waals surface area contributed by atoms with Crippen molar-refractivity contribution >= 4 is 33.9 Å². The zero-order valence-corrected chi connectivity index (χ0v) is 20.3. The molecule has 4 rings (SSSR count). The Kier molecular flexibility index (Phi) is 7.91. The first-order valence-corrected chi connectivity index (χ1v) is 12.5. The number of rotatable bonds is 10. The number of carbonyl (C=O) groups is 2. The number of nitrogens with two attached hydrogens (primary N) is 1. The summed E-state index contributed by atoms with van der Waals surface area (Å²) in [6.45, 7) is 3.08. The van der Waals surface area contributed by atoms with E-state index in [0.29, 0.717) is 29.0 Å². The molecule has 1 fully saturated rings. The number of nitrogens with zero attached hydrogens (tertiary/aromatic N) is 1. The van der Waals surface area contributed by atoms with E-state index in [1.54, 1.807) is 18.2 Å². The van der Waals surface area contributed by atoms with Crippen LogP contribution in [-0.4, -0.2) is 28.0 Å². The quantitative estimate of drug-likeness (QED) is 0.155. The highest BCUT2D eigenvalue weighted by atomic mass is 16.5. The van der Waals surface area contributed by atoms with Crippen molar-refractivity contribution in [2.24, 2.45) is 5.92 Å². The summed E-state index contributed by atoms with van der Waals surface area (Å²) in [6.07, 6.45) is 10.9. The van der Waals surface area contributed by atoms with Crippen LogP contribution in [0, 0.1) is 5.92 Å². The van der Waals surface area contributed by atoms with Crippen LogP contribution in [0.4, 0.5) is 5.69 Å². The Morgan fingerprint density at radius 2 is 1.94 bits per heavy atom. The molecular weight excluding hydrogens is 440 g/mol. The number of hydrogen-bond donors (Lipinski definition) is 2. The summed E-state index contributed by atoms with van der Waals surface area (Å²) in [5.41, 5.74) is 9.43. The second-order valence-corrected chi connectivity index (χ2v) is 9.34. The van der Waals surface area contributed by atoms with E-state index in [1.165, 1.54) is 37.6 Å². The van der Waals surface area contributed by atoms with E-state index in [2.05, 4.69) is 29.0 Å². The van der Waals surface area contributed by atoms with Crippen molar-refractivity contribution in [2.75, 3.05) is 12.3 Å². The fourth-order valence-corrected chi connectivity index (χ4v) is 5.06. The van der Waals surface area contributed by atoms with Gasteiger partial charge in [0.2, 0.25) is 0 Å². The number of benzene rings is 2. The minimum atomic E-state index is -0.878. The summed E-state index contributed by atoms with van der Waals surface area (Å²) in [5, 5.41) is 9.96. The summed E-state index contributed by atoms with van der Waals surface area (Å²) in [5.74, 6) is 0.0256. The van der Waals surface area contributed by atoms with E-state index in [1.807, 2.05) is 19.1 Å². The molecule has 1 aromatic heterocycles. The van der Waals surface area contributed by atoms with Crippen molar-refractivity contribution in [3.63, 3.8) is 0 Å². The van der Waals surface area contributed by atoms with Crippen molar-refractivity contribution in [1.29, 1.82) is 0 Å². The predicted molar refractivity (Wildman–Crippen MR) is 140 cm³/mol. The van der Waals surface area contributed by atoms with Gasteiger partial charge in [0.25, 0.3) is 0 Å². The number of ketones is 1. The number of Topliss-reactive ketones (excluding diaryl/α,β-unsaturated/α-hetero) is 1. The van der Waals surface area contributed by atoms with Gasteiger partial charge in [0, 0.05) is 41.3 Å². The molecule has 1 heterocycles. The summed E-state index contributed by atoms with van der Waals surface area (Å²) in [6, 6.07) is 13.4. The van der Waals surface area contributed by atoms with Crippen LogP contribution >= 0.6 is 0 Å². The van der Waals surface area contributed by atoms with Crippen molar-refractivity contribution in [1.82, 2.24) is 4.57 Å². The van der Waals surface area contributed by atoms with Gasteiger partial charge in [-0.25, -0.2) is 0 Å². The van der Waals surface area contributed by atoms with Gasteiger partial charge in [-0.1, -0.05) is 37.5 Å². The Bertz CT molecular complexity index is 1230. The predicted octanol–water partition coefficient (Wildman–Crippen LogP) is 6.33. The number of anilines is 1. The average molecular weight is 475 g/mol. The van der Waals surface area contributed by atoms with E-state index >= 15 is 0 Å². The minimum Gasteiger partial charge on any atom is -0.493 e. The lowest BCUT2D eigenvalue weighted by atomic mass is 9.89. The van der Waals surface area contributed by atoms with Gasteiger partial charge < -0.3 is 20.1 Å². The lowest BCUT2D eigenvalue weighted by Gasteiger charge is -2.22. The Labute approximate surface area is 206 Å². The van der Waals surface area contributed by atoms with Crippen LogP contribution in [0.1, 0.15) is 67.8 Å². The van der Waals surface area contributed by atoms with Crippen LogP contribution in [0.15, 0.2) is 54.7 Å². The molecule has 3 N–H and O–H groups in total. The van der Waals surface area contributed by atoms with Crippen molar-refractivity contribution < 1.29 is 19.4 Å². The molecule has 1 aliphatic rings. The van der Waals surface area contributed by atoms with Gasteiger partial charge in [0.1, 0.15) is 5.75 Å². The smallest absolute Gasteiger partial charge is 0.303 e. The molecule has 0 spiro atoms. The molecule has 0 amide bonds. The highest BCUT2D eigenvalue weighted by Gasteiger charge is 2.22. The lowest BCUT2D eigenvalue weighted by Crippen LogP contribution is -2.13. The van der Waals surface area contributed by atoms with Crippen LogP contribution in [0.25, 0.3) is 16.5 Å². The van der Waals surface area contributed by atoms with E-state index in [9.17, 15) is 9.59 Å². The average Bonchev–Trinajstić information content (AvgIpc) is 3.24. The monoisotopic (exact) mass is 474 g/mol. The van der Waals surface area contributed by atoms with Crippen molar-refractivity contribution in [2.45, 2.75) is 58.4 Å². The van der Waals surface area contributed by atoms with Gasteiger partial charge in [-0.3, -0.25) is 9.59 Å². The minimum absolute atomic E-state index is 0.00607. The molecule has 2 aromatic carbocycles. The summed E-state index contributed by atoms with van der Waals surface area (Å²) in [4.78, 5) is 24.4. The molecule has 0 aliphatic heterocycles. The number of fused-ring (bicyclic) bond motifs is 1. The highest BCUT2D eigenvalue weighted by Crippen LogP contribution is 2.33. The first kappa shape index (κ1) is 24.6. The number of carboxylic acid groups (broad SMARTS) is 1. The molecule has 1 saturated carbocycles. The molecule has 0 unspecified atom stereocenters. The molecule has 0 radical (unpaired) electrons. The van der Waals surface area contributed by atoms with Crippen LogP contribution in [0.2, 0.25) is 0 Å². The van der Waals surface area contributed by atoms with Crippen LogP contribution in [0.5, 0.6) is 5.75 Å². The molecule has 0 atom stereocenters. The molecule has 6 nitrogen and oxygen atoms in total. The number of nitrogen functional groups attached to an aromatic ring is 1. The normalized spacial score (nSPS) is 14.8. The lowest BCUT2D eigenvalue weighted by molar-refractivity contribution is -0.137. The molecule has 35 heavy (non-hydrogen) atoms. The summed E-state index contributed by atoms with van der Waals surface area (Å²) in [7, 11) is 0. The molecule has 184 valence electrons.